The standard InChI is InChI=1S/C17H28N2O/c1-4-14(5-2)17(15-9-7-6-8-10-15)19-16(20)11-13(3)12-18/h6-10,13-14,17H,4-5,11-12,18H2,1-3H3,(H,19,20). The summed E-state index contributed by atoms with van der Waals surface area (Å²) in [7, 11) is 0. The third-order valence-electron chi connectivity index (χ3n) is 3.93. The first kappa shape index (κ1) is 16.7. The Kier molecular flexibility index (Phi) is 7.31. The van der Waals surface area contributed by atoms with Crippen LogP contribution in [0.15, 0.2) is 30.3 Å². The smallest absolute Gasteiger partial charge is 0.220 e. The summed E-state index contributed by atoms with van der Waals surface area (Å²) in [5.74, 6) is 0.798. The van der Waals surface area contributed by atoms with Crippen molar-refractivity contribution in [2.75, 3.05) is 6.54 Å². The molecular weight excluding hydrogens is 248 g/mol. The monoisotopic (exact) mass is 276 g/mol. The SMILES string of the molecule is CCC(CC)C(NC(=O)CC(C)CN)c1ccccc1. The quantitative estimate of drug-likeness (QED) is 0.765. The topological polar surface area (TPSA) is 55.1 Å². The van der Waals surface area contributed by atoms with Crippen LogP contribution in [-0.2, 0) is 4.79 Å². The van der Waals surface area contributed by atoms with Crippen LogP contribution in [0.3, 0.4) is 0 Å². The Hall–Kier alpha value is -1.35. The summed E-state index contributed by atoms with van der Waals surface area (Å²) < 4.78 is 0. The molecule has 1 aromatic rings. The molecule has 0 heterocycles. The van der Waals surface area contributed by atoms with Gasteiger partial charge in [-0.1, -0.05) is 63.9 Å². The molecule has 0 aromatic heterocycles. The summed E-state index contributed by atoms with van der Waals surface area (Å²) in [5, 5.41) is 3.21. The van der Waals surface area contributed by atoms with Crippen LogP contribution in [0.4, 0.5) is 0 Å². The van der Waals surface area contributed by atoms with Gasteiger partial charge in [-0.2, -0.15) is 0 Å². The Bertz CT molecular complexity index is 387. The van der Waals surface area contributed by atoms with Crippen LogP contribution in [0.5, 0.6) is 0 Å². The van der Waals surface area contributed by atoms with Gasteiger partial charge in [0.1, 0.15) is 0 Å². The fourth-order valence-corrected chi connectivity index (χ4v) is 2.53. The summed E-state index contributed by atoms with van der Waals surface area (Å²) in [4.78, 5) is 12.2. The Morgan fingerprint density at radius 1 is 1.20 bits per heavy atom. The van der Waals surface area contributed by atoms with Crippen LogP contribution in [0.2, 0.25) is 0 Å². The maximum atomic E-state index is 12.2. The van der Waals surface area contributed by atoms with Gasteiger partial charge in [0.15, 0.2) is 0 Å². The number of hydrogen-bond acceptors (Lipinski definition) is 2. The van der Waals surface area contributed by atoms with E-state index in [0.717, 1.165) is 12.8 Å². The van der Waals surface area contributed by atoms with Crippen molar-refractivity contribution in [1.82, 2.24) is 5.32 Å². The summed E-state index contributed by atoms with van der Waals surface area (Å²) in [6.45, 7) is 6.92. The second-order valence-corrected chi connectivity index (χ2v) is 5.58. The lowest BCUT2D eigenvalue weighted by Gasteiger charge is -2.27. The van der Waals surface area contributed by atoms with Gasteiger partial charge >= 0.3 is 0 Å². The third-order valence-corrected chi connectivity index (χ3v) is 3.93. The molecule has 112 valence electrons. The van der Waals surface area contributed by atoms with Crippen LogP contribution < -0.4 is 11.1 Å². The maximum Gasteiger partial charge on any atom is 0.220 e. The molecule has 3 nitrogen and oxygen atoms in total. The minimum Gasteiger partial charge on any atom is -0.349 e. The maximum absolute atomic E-state index is 12.2. The minimum absolute atomic E-state index is 0.101. The first-order valence-corrected chi connectivity index (χ1v) is 7.66. The van der Waals surface area contributed by atoms with Gasteiger partial charge in [-0.3, -0.25) is 4.79 Å². The van der Waals surface area contributed by atoms with E-state index >= 15 is 0 Å². The lowest BCUT2D eigenvalue weighted by Crippen LogP contribution is -2.34. The van der Waals surface area contributed by atoms with E-state index in [0.29, 0.717) is 18.9 Å². The van der Waals surface area contributed by atoms with Crippen LogP contribution in [0, 0.1) is 11.8 Å². The summed E-state index contributed by atoms with van der Waals surface area (Å²) in [6, 6.07) is 10.3. The Balaban J connectivity index is 2.81. The number of nitrogens with one attached hydrogen (secondary N) is 1. The fourth-order valence-electron chi connectivity index (χ4n) is 2.53. The number of carbonyl (C=O) groups is 1. The summed E-state index contributed by atoms with van der Waals surface area (Å²) >= 11 is 0. The Labute approximate surface area is 122 Å². The molecule has 1 aromatic carbocycles. The first-order valence-electron chi connectivity index (χ1n) is 7.66. The van der Waals surface area contributed by atoms with Crippen molar-refractivity contribution < 1.29 is 4.79 Å². The molecule has 3 heteroatoms. The third kappa shape index (κ3) is 4.97. The van der Waals surface area contributed by atoms with E-state index in [-0.39, 0.29) is 17.9 Å². The van der Waals surface area contributed by atoms with E-state index in [2.05, 4.69) is 31.3 Å². The predicted molar refractivity (Wildman–Crippen MR) is 84.2 cm³/mol. The van der Waals surface area contributed by atoms with Crippen molar-refractivity contribution in [2.45, 2.75) is 46.1 Å². The normalized spacial score (nSPS) is 14.1. The average Bonchev–Trinajstić information content (AvgIpc) is 2.48. The highest BCUT2D eigenvalue weighted by atomic mass is 16.1. The van der Waals surface area contributed by atoms with Crippen LogP contribution >= 0.6 is 0 Å². The molecule has 0 aliphatic rings. The Morgan fingerprint density at radius 3 is 2.30 bits per heavy atom. The molecule has 0 saturated heterocycles. The van der Waals surface area contributed by atoms with E-state index in [4.69, 9.17) is 5.73 Å². The number of amides is 1. The lowest BCUT2D eigenvalue weighted by molar-refractivity contribution is -0.123. The highest BCUT2D eigenvalue weighted by Gasteiger charge is 2.22. The molecule has 0 radical (unpaired) electrons. The minimum atomic E-state index is 0.101. The molecule has 0 fully saturated rings. The second-order valence-electron chi connectivity index (χ2n) is 5.58. The predicted octanol–water partition coefficient (Wildman–Crippen LogP) is 3.27. The first-order chi connectivity index (χ1) is 9.62. The lowest BCUT2D eigenvalue weighted by atomic mass is 9.88. The molecule has 20 heavy (non-hydrogen) atoms. The van der Waals surface area contributed by atoms with Crippen molar-refractivity contribution in [2.24, 2.45) is 17.6 Å². The second kappa shape index (κ2) is 8.75. The fraction of sp³-hybridized carbons (Fsp3) is 0.588. The molecular formula is C17H28N2O. The molecule has 2 unspecified atom stereocenters. The molecule has 0 bridgehead atoms. The van der Waals surface area contributed by atoms with Crippen molar-refractivity contribution in [1.29, 1.82) is 0 Å². The van der Waals surface area contributed by atoms with Gasteiger partial charge in [-0.05, 0) is 23.9 Å². The molecule has 1 rings (SSSR count). The van der Waals surface area contributed by atoms with Crippen molar-refractivity contribution in [3.8, 4) is 0 Å². The van der Waals surface area contributed by atoms with Crippen molar-refractivity contribution in [3.63, 3.8) is 0 Å². The van der Waals surface area contributed by atoms with Crippen molar-refractivity contribution >= 4 is 5.91 Å². The van der Waals surface area contributed by atoms with Gasteiger partial charge in [-0.15, -0.1) is 0 Å². The van der Waals surface area contributed by atoms with Crippen LogP contribution in [-0.4, -0.2) is 12.5 Å². The number of carbonyl (C=O) groups excluding carboxylic acids is 1. The van der Waals surface area contributed by atoms with Gasteiger partial charge in [0.2, 0.25) is 5.91 Å². The highest BCUT2D eigenvalue weighted by molar-refractivity contribution is 5.76. The summed E-state index contributed by atoms with van der Waals surface area (Å²) in [5.41, 5.74) is 6.78. The van der Waals surface area contributed by atoms with Gasteiger partial charge < -0.3 is 11.1 Å². The zero-order valence-corrected chi connectivity index (χ0v) is 12.9. The molecule has 1 amide bonds. The summed E-state index contributed by atoms with van der Waals surface area (Å²) in [6.07, 6.45) is 2.62. The highest BCUT2D eigenvalue weighted by Crippen LogP contribution is 2.27. The number of nitrogens with two attached hydrogens (primary N) is 1. The largest absolute Gasteiger partial charge is 0.349 e. The van der Waals surface area contributed by atoms with E-state index in [9.17, 15) is 4.79 Å². The molecule has 0 aliphatic heterocycles. The Morgan fingerprint density at radius 2 is 1.80 bits per heavy atom. The molecule has 0 saturated carbocycles. The zero-order valence-electron chi connectivity index (χ0n) is 12.9. The van der Waals surface area contributed by atoms with Gasteiger partial charge in [-0.25, -0.2) is 0 Å². The van der Waals surface area contributed by atoms with Gasteiger partial charge in [0, 0.05) is 6.42 Å². The molecule has 3 N–H and O–H groups in total. The van der Waals surface area contributed by atoms with E-state index in [1.807, 2.05) is 25.1 Å². The van der Waals surface area contributed by atoms with Crippen molar-refractivity contribution in [3.05, 3.63) is 35.9 Å². The molecule has 2 atom stereocenters. The van der Waals surface area contributed by atoms with Crippen LogP contribution in [0.1, 0.15) is 51.6 Å². The van der Waals surface area contributed by atoms with Crippen LogP contribution in [0.25, 0.3) is 0 Å². The van der Waals surface area contributed by atoms with E-state index < -0.39 is 0 Å². The average molecular weight is 276 g/mol. The van der Waals surface area contributed by atoms with Gasteiger partial charge in [0.05, 0.1) is 6.04 Å². The molecule has 0 spiro atoms. The zero-order chi connectivity index (χ0) is 15.0. The van der Waals surface area contributed by atoms with E-state index in [1.54, 1.807) is 0 Å². The number of hydrogen-bond donors (Lipinski definition) is 2. The van der Waals surface area contributed by atoms with E-state index in [1.165, 1.54) is 5.56 Å². The number of rotatable bonds is 8. The molecule has 0 aliphatic carbocycles. The number of benzene rings is 1. The van der Waals surface area contributed by atoms with Gasteiger partial charge in [0.25, 0.3) is 0 Å².